The van der Waals surface area contributed by atoms with Gasteiger partial charge in [0.1, 0.15) is 12.5 Å². The average Bonchev–Trinajstić information content (AvgIpc) is 2.67. The minimum atomic E-state index is -0.491. The van der Waals surface area contributed by atoms with Crippen LogP contribution in [0.15, 0.2) is 41.3 Å². The summed E-state index contributed by atoms with van der Waals surface area (Å²) in [6.07, 6.45) is 1.62. The van der Waals surface area contributed by atoms with E-state index >= 15 is 0 Å². The molecule has 0 radical (unpaired) electrons. The summed E-state index contributed by atoms with van der Waals surface area (Å²) in [7, 11) is 0. The quantitative estimate of drug-likeness (QED) is 0.728. The Labute approximate surface area is 156 Å². The highest BCUT2D eigenvalue weighted by Gasteiger charge is 2.19. The topological polar surface area (TPSA) is 75.0 Å². The van der Waals surface area contributed by atoms with Crippen molar-refractivity contribution in [1.29, 1.82) is 0 Å². The molecule has 8 heteroatoms. The smallest absolute Gasteiger partial charge is 0.294 e. The number of nitrogens with zero attached hydrogens (tertiary/aromatic N) is 3. The van der Waals surface area contributed by atoms with Crippen LogP contribution in [-0.4, -0.2) is 58.9 Å². The predicted molar refractivity (Wildman–Crippen MR) is 96.7 cm³/mol. The number of pyridine rings is 1. The zero-order valence-electron chi connectivity index (χ0n) is 14.9. The normalized spacial score (nSPS) is 15.6. The monoisotopic (exact) mass is 375 g/mol. The molecule has 1 aromatic carbocycles. The Kier molecular flexibility index (Phi) is 6.20. The number of aromatic hydroxyl groups is 1. The third kappa shape index (κ3) is 4.93. The van der Waals surface area contributed by atoms with Gasteiger partial charge in [0.25, 0.3) is 12.0 Å². The van der Waals surface area contributed by atoms with E-state index < -0.39 is 5.56 Å². The first-order chi connectivity index (χ1) is 13.1. The number of ether oxygens (including phenoxy) is 1. The van der Waals surface area contributed by atoms with Crippen molar-refractivity contribution in [1.82, 2.24) is 14.4 Å². The molecule has 27 heavy (non-hydrogen) atoms. The van der Waals surface area contributed by atoms with Crippen molar-refractivity contribution in [2.45, 2.75) is 13.1 Å². The first-order valence-electron chi connectivity index (χ1n) is 8.72. The van der Waals surface area contributed by atoms with Gasteiger partial charge in [-0.2, -0.15) is 0 Å². The average molecular weight is 375 g/mol. The maximum absolute atomic E-state index is 13.3. The van der Waals surface area contributed by atoms with E-state index in [9.17, 15) is 19.1 Å². The summed E-state index contributed by atoms with van der Waals surface area (Å²) in [5.74, 6) is -0.639. The molecule has 0 saturated carbocycles. The van der Waals surface area contributed by atoms with Gasteiger partial charge in [0.05, 0.1) is 6.54 Å². The van der Waals surface area contributed by atoms with E-state index in [-0.39, 0.29) is 24.8 Å². The number of carbonyl (C=O) groups excluding carboxylic acids is 1. The third-order valence-electron chi connectivity index (χ3n) is 4.65. The molecule has 0 unspecified atom stereocenters. The standard InChI is InChI=1S/C19H22FN3O4/c20-17-3-1-2-15(10-17)11-23-5-4-16(18(25)19(23)26)12-21-6-8-22(9-7-21)13-27-14-24/h1-5,10,14,25H,6-9,11-13H2. The fourth-order valence-corrected chi connectivity index (χ4v) is 3.14. The number of rotatable bonds is 7. The molecule has 2 heterocycles. The number of hydrogen-bond donors (Lipinski definition) is 1. The van der Waals surface area contributed by atoms with Crippen molar-refractivity contribution >= 4 is 6.47 Å². The first-order valence-corrected chi connectivity index (χ1v) is 8.72. The van der Waals surface area contributed by atoms with Crippen molar-refractivity contribution < 1.29 is 19.0 Å². The van der Waals surface area contributed by atoms with Gasteiger partial charge >= 0.3 is 0 Å². The van der Waals surface area contributed by atoms with Crippen LogP contribution < -0.4 is 5.56 Å². The van der Waals surface area contributed by atoms with Crippen LogP contribution >= 0.6 is 0 Å². The van der Waals surface area contributed by atoms with Gasteiger partial charge in [-0.05, 0) is 23.8 Å². The van der Waals surface area contributed by atoms with Crippen molar-refractivity contribution in [3.63, 3.8) is 0 Å². The van der Waals surface area contributed by atoms with Crippen molar-refractivity contribution in [2.75, 3.05) is 32.9 Å². The summed E-state index contributed by atoms with van der Waals surface area (Å²) < 4.78 is 19.4. The van der Waals surface area contributed by atoms with E-state index in [1.165, 1.54) is 16.7 Å². The minimum Gasteiger partial charge on any atom is -0.503 e. The fourth-order valence-electron chi connectivity index (χ4n) is 3.14. The lowest BCUT2D eigenvalue weighted by molar-refractivity contribution is -0.134. The molecule has 3 rings (SSSR count). The van der Waals surface area contributed by atoms with Gasteiger partial charge in [0.15, 0.2) is 5.75 Å². The maximum Gasteiger partial charge on any atom is 0.294 e. The van der Waals surface area contributed by atoms with Crippen LogP contribution in [0.2, 0.25) is 0 Å². The highest BCUT2D eigenvalue weighted by Crippen LogP contribution is 2.16. The summed E-state index contributed by atoms with van der Waals surface area (Å²) in [4.78, 5) is 26.8. The molecule has 1 fully saturated rings. The van der Waals surface area contributed by atoms with Crippen LogP contribution in [0.3, 0.4) is 0 Å². The number of aromatic nitrogens is 1. The summed E-state index contributed by atoms with van der Waals surface area (Å²) in [5.41, 5.74) is 0.723. The zero-order valence-corrected chi connectivity index (χ0v) is 14.9. The number of carbonyl (C=O) groups is 1. The SMILES string of the molecule is O=COCN1CCN(Cc2ccn(Cc3cccc(F)c3)c(=O)c2O)CC1. The molecule has 2 aromatic rings. The van der Waals surface area contributed by atoms with Gasteiger partial charge in [0.2, 0.25) is 0 Å². The Morgan fingerprint density at radius 2 is 1.85 bits per heavy atom. The fraction of sp³-hybridized carbons (Fsp3) is 0.368. The molecule has 7 nitrogen and oxygen atoms in total. The zero-order chi connectivity index (χ0) is 19.2. The molecule has 1 aromatic heterocycles. The van der Waals surface area contributed by atoms with Gasteiger partial charge in [-0.3, -0.25) is 19.4 Å². The van der Waals surface area contributed by atoms with Crippen molar-refractivity contribution in [3.8, 4) is 5.75 Å². The molecule has 1 aliphatic rings. The number of hydrogen-bond acceptors (Lipinski definition) is 6. The lowest BCUT2D eigenvalue weighted by Crippen LogP contribution is -2.46. The summed E-state index contributed by atoms with van der Waals surface area (Å²) in [5, 5.41) is 10.3. The highest BCUT2D eigenvalue weighted by molar-refractivity contribution is 5.36. The Morgan fingerprint density at radius 3 is 2.56 bits per heavy atom. The van der Waals surface area contributed by atoms with Gasteiger partial charge in [-0.1, -0.05) is 12.1 Å². The number of benzene rings is 1. The van der Waals surface area contributed by atoms with E-state index in [4.69, 9.17) is 4.74 Å². The number of halogens is 1. The van der Waals surface area contributed by atoms with Crippen LogP contribution in [0, 0.1) is 5.82 Å². The predicted octanol–water partition coefficient (Wildman–Crippen LogP) is 0.989. The van der Waals surface area contributed by atoms with Crippen LogP contribution in [0.1, 0.15) is 11.1 Å². The van der Waals surface area contributed by atoms with E-state index in [1.54, 1.807) is 24.4 Å². The van der Waals surface area contributed by atoms with E-state index in [0.717, 1.165) is 26.2 Å². The molecule has 144 valence electrons. The second kappa shape index (κ2) is 8.79. The largest absolute Gasteiger partial charge is 0.503 e. The van der Waals surface area contributed by atoms with Crippen LogP contribution in [0.5, 0.6) is 5.75 Å². The first kappa shape index (κ1) is 19.1. The second-order valence-corrected chi connectivity index (χ2v) is 6.54. The Morgan fingerprint density at radius 1 is 1.11 bits per heavy atom. The molecule has 0 spiro atoms. The van der Waals surface area contributed by atoms with Crippen LogP contribution in [0.25, 0.3) is 0 Å². The second-order valence-electron chi connectivity index (χ2n) is 6.54. The van der Waals surface area contributed by atoms with E-state index in [0.29, 0.717) is 24.1 Å². The Hall–Kier alpha value is -2.71. The summed E-state index contributed by atoms with van der Waals surface area (Å²) in [6.45, 7) is 4.34. The van der Waals surface area contributed by atoms with E-state index in [2.05, 4.69) is 4.90 Å². The summed E-state index contributed by atoms with van der Waals surface area (Å²) in [6, 6.07) is 7.75. The number of piperazine rings is 1. The molecule has 1 N–H and O–H groups in total. The van der Waals surface area contributed by atoms with Gasteiger partial charge in [0, 0.05) is 44.5 Å². The molecular weight excluding hydrogens is 353 g/mol. The van der Waals surface area contributed by atoms with E-state index in [1.807, 2.05) is 4.90 Å². The Balaban J connectivity index is 1.63. The van der Waals surface area contributed by atoms with Crippen molar-refractivity contribution in [3.05, 3.63) is 63.8 Å². The van der Waals surface area contributed by atoms with Gasteiger partial charge in [-0.25, -0.2) is 4.39 Å². The molecule has 0 atom stereocenters. The molecule has 1 aliphatic heterocycles. The van der Waals surface area contributed by atoms with Crippen LogP contribution in [-0.2, 0) is 22.6 Å². The molecule has 0 bridgehead atoms. The van der Waals surface area contributed by atoms with Crippen LogP contribution in [0.4, 0.5) is 4.39 Å². The summed E-state index contributed by atoms with van der Waals surface area (Å²) >= 11 is 0. The Bertz CT molecular complexity index is 847. The molecule has 1 saturated heterocycles. The lowest BCUT2D eigenvalue weighted by Gasteiger charge is -2.33. The maximum atomic E-state index is 13.3. The molecular formula is C19H22FN3O4. The molecule has 0 aliphatic carbocycles. The minimum absolute atomic E-state index is 0.194. The highest BCUT2D eigenvalue weighted by atomic mass is 19.1. The van der Waals surface area contributed by atoms with Crippen molar-refractivity contribution in [2.24, 2.45) is 0 Å². The van der Waals surface area contributed by atoms with Gasteiger partial charge in [-0.15, -0.1) is 0 Å². The lowest BCUT2D eigenvalue weighted by atomic mass is 10.2. The molecule has 0 amide bonds. The van der Waals surface area contributed by atoms with Gasteiger partial charge < -0.3 is 14.4 Å². The third-order valence-corrected chi connectivity index (χ3v) is 4.65.